The molecule has 3 amide bonds. The number of rotatable bonds is 5. The van der Waals surface area contributed by atoms with Gasteiger partial charge in [0.05, 0.1) is 5.92 Å². The first kappa shape index (κ1) is 24.3. The second-order valence-electron chi connectivity index (χ2n) is 8.90. The van der Waals surface area contributed by atoms with E-state index in [1.54, 1.807) is 11.8 Å². The minimum Gasteiger partial charge on any atom is -0.452 e. The second kappa shape index (κ2) is 10.5. The maximum Gasteiger partial charge on any atom is 0.321 e. The molecule has 7 heteroatoms. The highest BCUT2D eigenvalue weighted by Gasteiger charge is 2.30. The van der Waals surface area contributed by atoms with Crippen LogP contribution in [-0.4, -0.2) is 42.0 Å². The lowest BCUT2D eigenvalue weighted by molar-refractivity contribution is -0.158. The molecular weight excluding hydrogens is 418 g/mol. The Balaban J connectivity index is 1.48. The van der Waals surface area contributed by atoms with Crippen molar-refractivity contribution < 1.29 is 19.1 Å². The first-order valence-electron chi connectivity index (χ1n) is 11.4. The van der Waals surface area contributed by atoms with E-state index in [0.717, 1.165) is 33.6 Å². The first-order chi connectivity index (χ1) is 15.6. The van der Waals surface area contributed by atoms with Crippen LogP contribution in [0.15, 0.2) is 36.4 Å². The summed E-state index contributed by atoms with van der Waals surface area (Å²) in [5, 5.41) is 5.78. The normalized spacial score (nSPS) is 15.0. The van der Waals surface area contributed by atoms with Gasteiger partial charge in [0.25, 0.3) is 5.91 Å². The molecule has 3 rings (SSSR count). The molecule has 1 aliphatic rings. The molecule has 0 aromatic heterocycles. The number of urea groups is 1. The molecule has 1 atom stereocenters. The minimum atomic E-state index is -0.903. The van der Waals surface area contributed by atoms with Gasteiger partial charge in [0.2, 0.25) is 0 Å². The van der Waals surface area contributed by atoms with Crippen molar-refractivity contribution in [3.63, 3.8) is 0 Å². The summed E-state index contributed by atoms with van der Waals surface area (Å²) in [7, 11) is 0. The van der Waals surface area contributed by atoms with Crippen molar-refractivity contribution in [1.82, 2.24) is 4.90 Å². The van der Waals surface area contributed by atoms with E-state index in [2.05, 4.69) is 10.6 Å². The Hall–Kier alpha value is -3.35. The Kier molecular flexibility index (Phi) is 7.74. The van der Waals surface area contributed by atoms with E-state index >= 15 is 0 Å². The van der Waals surface area contributed by atoms with E-state index in [9.17, 15) is 14.4 Å². The monoisotopic (exact) mass is 451 g/mol. The third kappa shape index (κ3) is 6.34. The first-order valence-corrected chi connectivity index (χ1v) is 11.4. The van der Waals surface area contributed by atoms with Crippen LogP contribution in [0.1, 0.15) is 42.0 Å². The molecule has 0 saturated carbocycles. The molecule has 1 heterocycles. The highest BCUT2D eigenvalue weighted by atomic mass is 16.5. The number of hydrogen-bond acceptors (Lipinski definition) is 4. The zero-order chi connectivity index (χ0) is 24.1. The molecule has 2 aromatic rings. The van der Waals surface area contributed by atoms with Crippen LogP contribution < -0.4 is 10.6 Å². The summed E-state index contributed by atoms with van der Waals surface area (Å²) < 4.78 is 5.46. The maximum atomic E-state index is 12.6. The number of carbonyl (C=O) groups excluding carboxylic acids is 3. The van der Waals surface area contributed by atoms with Gasteiger partial charge in [-0.15, -0.1) is 0 Å². The number of nitrogens with zero attached hydrogens (tertiary/aromatic N) is 1. The third-order valence-corrected chi connectivity index (χ3v) is 5.97. The number of carbonyl (C=O) groups is 3. The summed E-state index contributed by atoms with van der Waals surface area (Å²) in [6, 6.07) is 11.5. The fourth-order valence-electron chi connectivity index (χ4n) is 4.17. The average Bonchev–Trinajstić information content (AvgIpc) is 2.76. The number of ether oxygens (including phenoxy) is 1. The van der Waals surface area contributed by atoms with E-state index in [1.165, 1.54) is 0 Å². The number of likely N-dealkylation sites (tertiary alicyclic amines) is 1. The Bertz CT molecular complexity index is 1020. The summed E-state index contributed by atoms with van der Waals surface area (Å²) in [5.74, 6) is -1.08. The summed E-state index contributed by atoms with van der Waals surface area (Å²) in [6.45, 7) is 10.4. The summed E-state index contributed by atoms with van der Waals surface area (Å²) >= 11 is 0. The minimum absolute atomic E-state index is 0.177. The van der Waals surface area contributed by atoms with E-state index in [1.807, 2.05) is 64.1 Å². The van der Waals surface area contributed by atoms with Crippen LogP contribution in [0.5, 0.6) is 0 Å². The van der Waals surface area contributed by atoms with E-state index in [0.29, 0.717) is 25.9 Å². The molecule has 0 radical (unpaired) electrons. The quantitative estimate of drug-likeness (QED) is 0.643. The fraction of sp³-hybridized carbons (Fsp3) is 0.423. The molecule has 2 aromatic carbocycles. The van der Waals surface area contributed by atoms with Gasteiger partial charge in [-0.2, -0.15) is 0 Å². The average molecular weight is 452 g/mol. The van der Waals surface area contributed by atoms with Crippen molar-refractivity contribution >= 4 is 29.3 Å². The largest absolute Gasteiger partial charge is 0.452 e. The van der Waals surface area contributed by atoms with Crippen molar-refractivity contribution in [3.8, 4) is 0 Å². The molecule has 176 valence electrons. The van der Waals surface area contributed by atoms with Crippen LogP contribution in [0.25, 0.3) is 0 Å². The molecule has 0 spiro atoms. The Morgan fingerprint density at radius 3 is 2.18 bits per heavy atom. The van der Waals surface area contributed by atoms with Crippen molar-refractivity contribution in [1.29, 1.82) is 0 Å². The fourth-order valence-corrected chi connectivity index (χ4v) is 4.17. The topological polar surface area (TPSA) is 87.7 Å². The zero-order valence-corrected chi connectivity index (χ0v) is 20.0. The Labute approximate surface area is 195 Å². The zero-order valence-electron chi connectivity index (χ0n) is 20.0. The van der Waals surface area contributed by atoms with E-state index in [-0.39, 0.29) is 17.9 Å². The number of nitrogens with one attached hydrogen (secondary N) is 2. The van der Waals surface area contributed by atoms with Crippen LogP contribution in [0.2, 0.25) is 0 Å². The molecule has 0 bridgehead atoms. The smallest absolute Gasteiger partial charge is 0.321 e. The molecular formula is C26H33N3O4. The summed E-state index contributed by atoms with van der Waals surface area (Å²) in [6.07, 6.45) is 0.107. The molecule has 2 N–H and O–H groups in total. The van der Waals surface area contributed by atoms with Crippen LogP contribution >= 0.6 is 0 Å². The maximum absolute atomic E-state index is 12.6. The SMILES string of the molecule is Cc1cccc(NC(=O)N2CCC(C(=O)O[C@H](C)C(=O)Nc3c(C)cc(C)cc3C)CC2)c1. The molecule has 33 heavy (non-hydrogen) atoms. The van der Waals surface area contributed by atoms with Gasteiger partial charge >= 0.3 is 12.0 Å². The van der Waals surface area contributed by atoms with E-state index in [4.69, 9.17) is 4.74 Å². The lowest BCUT2D eigenvalue weighted by Gasteiger charge is -2.31. The predicted octanol–water partition coefficient (Wildman–Crippen LogP) is 4.73. The molecule has 1 saturated heterocycles. The number of esters is 1. The molecule has 1 aliphatic heterocycles. The second-order valence-corrected chi connectivity index (χ2v) is 8.90. The van der Waals surface area contributed by atoms with Crippen LogP contribution in [0.4, 0.5) is 16.2 Å². The Morgan fingerprint density at radius 2 is 1.58 bits per heavy atom. The number of piperidine rings is 1. The standard InChI is InChI=1S/C26H33N3O4/c1-16-7-6-8-22(15-16)27-26(32)29-11-9-21(10-12-29)25(31)33-20(5)24(30)28-23-18(3)13-17(2)14-19(23)4/h6-8,13-15,20-21H,9-12H2,1-5H3,(H,27,32)(H,28,30)/t20-/m1/s1. The predicted molar refractivity (Wildman–Crippen MR) is 129 cm³/mol. The number of hydrogen-bond donors (Lipinski definition) is 2. The lowest BCUT2D eigenvalue weighted by Crippen LogP contribution is -2.43. The van der Waals surface area contributed by atoms with Gasteiger partial charge in [0.15, 0.2) is 6.10 Å². The van der Waals surface area contributed by atoms with Crippen LogP contribution in [0, 0.1) is 33.6 Å². The molecule has 7 nitrogen and oxygen atoms in total. The molecule has 0 unspecified atom stereocenters. The highest BCUT2D eigenvalue weighted by molar-refractivity contribution is 5.96. The van der Waals surface area contributed by atoms with Crippen LogP contribution in [-0.2, 0) is 14.3 Å². The number of aryl methyl sites for hydroxylation is 4. The molecule has 0 aliphatic carbocycles. The Morgan fingerprint density at radius 1 is 0.939 bits per heavy atom. The van der Waals surface area contributed by atoms with Gasteiger partial charge in [0, 0.05) is 24.5 Å². The number of amides is 3. The van der Waals surface area contributed by atoms with E-state index < -0.39 is 12.1 Å². The van der Waals surface area contributed by atoms with Gasteiger partial charge in [-0.05, 0) is 76.3 Å². The van der Waals surface area contributed by atoms with Gasteiger partial charge in [0.1, 0.15) is 0 Å². The van der Waals surface area contributed by atoms with Crippen molar-refractivity contribution in [2.45, 2.75) is 53.6 Å². The summed E-state index contributed by atoms with van der Waals surface area (Å²) in [4.78, 5) is 39.5. The number of anilines is 2. The van der Waals surface area contributed by atoms with Gasteiger partial charge in [-0.3, -0.25) is 9.59 Å². The van der Waals surface area contributed by atoms with Crippen molar-refractivity contribution in [2.75, 3.05) is 23.7 Å². The lowest BCUT2D eigenvalue weighted by atomic mass is 9.97. The highest BCUT2D eigenvalue weighted by Crippen LogP contribution is 2.23. The number of benzene rings is 2. The molecule has 1 fully saturated rings. The van der Waals surface area contributed by atoms with Crippen LogP contribution in [0.3, 0.4) is 0 Å². The van der Waals surface area contributed by atoms with Gasteiger partial charge in [-0.25, -0.2) is 4.79 Å². The summed E-state index contributed by atoms with van der Waals surface area (Å²) in [5.41, 5.74) is 5.63. The third-order valence-electron chi connectivity index (χ3n) is 5.97. The van der Waals surface area contributed by atoms with Gasteiger partial charge < -0.3 is 20.3 Å². The van der Waals surface area contributed by atoms with Crippen molar-refractivity contribution in [2.24, 2.45) is 5.92 Å². The van der Waals surface area contributed by atoms with Crippen molar-refractivity contribution in [3.05, 3.63) is 58.7 Å². The van der Waals surface area contributed by atoms with Gasteiger partial charge in [-0.1, -0.05) is 29.8 Å².